The normalized spacial score (nSPS) is 12.0. The van der Waals surface area contributed by atoms with Gasteiger partial charge in [0.25, 0.3) is 0 Å². The van der Waals surface area contributed by atoms with E-state index in [2.05, 4.69) is 32.0 Å². The average Bonchev–Trinajstić information content (AvgIpc) is 3.07. The second-order valence-corrected chi connectivity index (χ2v) is 7.62. The molecule has 1 atom stereocenters. The fraction of sp³-hybridized carbons (Fsp3) is 0.300. The van der Waals surface area contributed by atoms with E-state index in [-0.39, 0.29) is 11.2 Å². The van der Waals surface area contributed by atoms with Crippen molar-refractivity contribution in [3.05, 3.63) is 54.4 Å². The first kappa shape index (κ1) is 19.1. The zero-order chi connectivity index (χ0) is 19.2. The third-order valence-electron chi connectivity index (χ3n) is 4.07. The van der Waals surface area contributed by atoms with E-state index in [1.165, 1.54) is 11.8 Å². The van der Waals surface area contributed by atoms with Gasteiger partial charge in [0, 0.05) is 30.2 Å². The molecule has 0 aliphatic heterocycles. The van der Waals surface area contributed by atoms with Crippen molar-refractivity contribution in [3.8, 4) is 11.4 Å². The van der Waals surface area contributed by atoms with Crippen LogP contribution in [-0.4, -0.2) is 30.9 Å². The molecule has 0 spiro atoms. The van der Waals surface area contributed by atoms with E-state index in [4.69, 9.17) is 0 Å². The van der Waals surface area contributed by atoms with E-state index >= 15 is 0 Å². The fourth-order valence-corrected chi connectivity index (χ4v) is 3.48. The van der Waals surface area contributed by atoms with Crippen LogP contribution in [-0.2, 0) is 11.3 Å². The Labute approximate surface area is 163 Å². The van der Waals surface area contributed by atoms with E-state index in [0.717, 1.165) is 40.8 Å². The van der Waals surface area contributed by atoms with Crippen LogP contribution in [0.25, 0.3) is 11.4 Å². The summed E-state index contributed by atoms with van der Waals surface area (Å²) in [6, 6.07) is 11.6. The molecule has 1 amide bonds. The van der Waals surface area contributed by atoms with Crippen LogP contribution in [0.1, 0.15) is 25.8 Å². The van der Waals surface area contributed by atoms with Crippen molar-refractivity contribution in [1.82, 2.24) is 19.7 Å². The summed E-state index contributed by atoms with van der Waals surface area (Å²) < 4.78 is 2.07. The molecule has 0 fully saturated rings. The van der Waals surface area contributed by atoms with Gasteiger partial charge in [-0.25, -0.2) is 0 Å². The van der Waals surface area contributed by atoms with Gasteiger partial charge in [-0.2, -0.15) is 0 Å². The molecule has 0 bridgehead atoms. The molecule has 140 valence electrons. The molecule has 2 heterocycles. The molecule has 27 heavy (non-hydrogen) atoms. The number of hydrogen-bond donors (Lipinski definition) is 1. The molecule has 0 unspecified atom stereocenters. The number of aryl methyl sites for hydroxylation is 1. The zero-order valence-corrected chi connectivity index (χ0v) is 16.5. The first-order valence-electron chi connectivity index (χ1n) is 8.96. The third-order valence-corrected chi connectivity index (χ3v) is 5.15. The number of benzene rings is 1. The lowest BCUT2D eigenvalue weighted by molar-refractivity contribution is -0.115. The minimum Gasteiger partial charge on any atom is -0.325 e. The maximum atomic E-state index is 12.6. The number of nitrogens with one attached hydrogen (secondary N) is 1. The molecule has 3 rings (SSSR count). The van der Waals surface area contributed by atoms with Crippen molar-refractivity contribution in [2.45, 2.75) is 44.1 Å². The average molecular weight is 382 g/mol. The minimum atomic E-state index is -0.295. The van der Waals surface area contributed by atoms with Crippen molar-refractivity contribution in [1.29, 1.82) is 0 Å². The maximum absolute atomic E-state index is 12.6. The van der Waals surface area contributed by atoms with Crippen LogP contribution >= 0.6 is 11.8 Å². The summed E-state index contributed by atoms with van der Waals surface area (Å²) in [7, 11) is 0. The van der Waals surface area contributed by atoms with Crippen molar-refractivity contribution in [2.24, 2.45) is 0 Å². The number of amides is 1. The van der Waals surface area contributed by atoms with Gasteiger partial charge in [-0.1, -0.05) is 36.4 Å². The van der Waals surface area contributed by atoms with Crippen molar-refractivity contribution in [2.75, 3.05) is 5.32 Å². The second kappa shape index (κ2) is 8.81. The summed E-state index contributed by atoms with van der Waals surface area (Å²) in [6.45, 7) is 6.80. The molecule has 3 aromatic rings. The molecule has 7 heteroatoms. The number of anilines is 1. The smallest absolute Gasteiger partial charge is 0.237 e. The molecule has 0 radical (unpaired) electrons. The summed E-state index contributed by atoms with van der Waals surface area (Å²) >= 11 is 1.42. The van der Waals surface area contributed by atoms with Crippen LogP contribution in [0.3, 0.4) is 0 Å². The summed E-state index contributed by atoms with van der Waals surface area (Å²) in [5.74, 6) is 0.744. The summed E-state index contributed by atoms with van der Waals surface area (Å²) in [5, 5.41) is 12.1. The number of nitrogens with zero attached hydrogens (tertiary/aromatic N) is 4. The van der Waals surface area contributed by atoms with Crippen LogP contribution in [0.15, 0.2) is 53.9 Å². The van der Waals surface area contributed by atoms with E-state index in [1.807, 2.05) is 50.2 Å². The number of rotatable bonds is 7. The van der Waals surface area contributed by atoms with Crippen LogP contribution < -0.4 is 5.32 Å². The van der Waals surface area contributed by atoms with Gasteiger partial charge < -0.3 is 9.88 Å². The molecule has 6 nitrogen and oxygen atoms in total. The predicted octanol–water partition coefficient (Wildman–Crippen LogP) is 4.18. The first-order valence-corrected chi connectivity index (χ1v) is 9.84. The Kier molecular flexibility index (Phi) is 6.24. The molecule has 0 aliphatic rings. The van der Waals surface area contributed by atoms with Crippen molar-refractivity contribution >= 4 is 23.4 Å². The highest BCUT2D eigenvalue weighted by Gasteiger charge is 2.20. The van der Waals surface area contributed by atoms with Crippen LogP contribution in [0, 0.1) is 6.92 Å². The van der Waals surface area contributed by atoms with Gasteiger partial charge in [-0.3, -0.25) is 9.78 Å². The Bertz CT molecular complexity index is 892. The standard InChI is InChI=1S/C20H23N5OS/c1-4-13-25-18(16-9-11-21-12-10-16)23-24-20(25)27-15(3)19(26)22-17-7-5-14(2)6-8-17/h5-12,15H,4,13H2,1-3H3,(H,22,26)/t15-/m1/s1. The molecule has 0 aliphatic carbocycles. The number of thioether (sulfide) groups is 1. The fourth-order valence-electron chi connectivity index (χ4n) is 2.61. The molecule has 1 aromatic carbocycles. The van der Waals surface area contributed by atoms with Crippen molar-refractivity contribution < 1.29 is 4.79 Å². The Balaban J connectivity index is 1.75. The van der Waals surface area contributed by atoms with Crippen molar-refractivity contribution in [3.63, 3.8) is 0 Å². The molecular weight excluding hydrogens is 358 g/mol. The highest BCUT2D eigenvalue weighted by molar-refractivity contribution is 8.00. The Hall–Kier alpha value is -2.67. The van der Waals surface area contributed by atoms with Crippen LogP contribution in [0.5, 0.6) is 0 Å². The molecule has 0 saturated carbocycles. The number of carbonyl (C=O) groups is 1. The molecule has 0 saturated heterocycles. The topological polar surface area (TPSA) is 72.7 Å². The summed E-state index contributed by atoms with van der Waals surface area (Å²) in [5.41, 5.74) is 2.92. The number of aromatic nitrogens is 4. The van der Waals surface area contributed by atoms with E-state index in [9.17, 15) is 4.79 Å². The number of carbonyl (C=O) groups excluding carboxylic acids is 1. The molecule has 2 aromatic heterocycles. The Morgan fingerprint density at radius 1 is 1.15 bits per heavy atom. The highest BCUT2D eigenvalue weighted by Crippen LogP contribution is 2.27. The van der Waals surface area contributed by atoms with Gasteiger partial charge in [0.05, 0.1) is 5.25 Å². The van der Waals surface area contributed by atoms with Gasteiger partial charge in [0.1, 0.15) is 0 Å². The lowest BCUT2D eigenvalue weighted by atomic mass is 10.2. The SMILES string of the molecule is CCCn1c(S[C@H](C)C(=O)Nc2ccc(C)cc2)nnc1-c1ccncc1. The van der Waals surface area contributed by atoms with Gasteiger partial charge in [-0.15, -0.1) is 10.2 Å². The monoisotopic (exact) mass is 381 g/mol. The third kappa shape index (κ3) is 4.74. The Morgan fingerprint density at radius 2 is 1.85 bits per heavy atom. The van der Waals surface area contributed by atoms with E-state index < -0.39 is 0 Å². The lowest BCUT2D eigenvalue weighted by Gasteiger charge is -2.13. The maximum Gasteiger partial charge on any atom is 0.237 e. The van der Waals surface area contributed by atoms with Gasteiger partial charge >= 0.3 is 0 Å². The lowest BCUT2D eigenvalue weighted by Crippen LogP contribution is -2.23. The van der Waals surface area contributed by atoms with Crippen LogP contribution in [0.4, 0.5) is 5.69 Å². The number of hydrogen-bond acceptors (Lipinski definition) is 5. The van der Waals surface area contributed by atoms with E-state index in [0.29, 0.717) is 0 Å². The second-order valence-electron chi connectivity index (χ2n) is 6.31. The summed E-state index contributed by atoms with van der Waals surface area (Å²) in [6.07, 6.45) is 4.43. The quantitative estimate of drug-likeness (QED) is 0.622. The van der Waals surface area contributed by atoms with Gasteiger partial charge in [0.2, 0.25) is 5.91 Å². The van der Waals surface area contributed by atoms with Gasteiger partial charge in [-0.05, 0) is 44.5 Å². The highest BCUT2D eigenvalue weighted by atomic mass is 32.2. The predicted molar refractivity (Wildman–Crippen MR) is 109 cm³/mol. The Morgan fingerprint density at radius 3 is 2.52 bits per heavy atom. The molecule has 1 N–H and O–H groups in total. The minimum absolute atomic E-state index is 0.0552. The number of pyridine rings is 1. The molecular formula is C20H23N5OS. The summed E-state index contributed by atoms with van der Waals surface area (Å²) in [4.78, 5) is 16.6. The first-order chi connectivity index (χ1) is 13.1. The van der Waals surface area contributed by atoms with Gasteiger partial charge in [0.15, 0.2) is 11.0 Å². The zero-order valence-electron chi connectivity index (χ0n) is 15.7. The van der Waals surface area contributed by atoms with E-state index in [1.54, 1.807) is 12.4 Å². The van der Waals surface area contributed by atoms with Crippen LogP contribution in [0.2, 0.25) is 0 Å². The largest absolute Gasteiger partial charge is 0.325 e.